The van der Waals surface area contributed by atoms with Crippen molar-refractivity contribution in [2.75, 3.05) is 14.1 Å². The van der Waals surface area contributed by atoms with Gasteiger partial charge in [-0.2, -0.15) is 0 Å². The van der Waals surface area contributed by atoms with Gasteiger partial charge in [0.25, 0.3) is 10.0 Å². The Balaban J connectivity index is 1.84. The molecule has 0 unspecified atom stereocenters. The first-order valence-electron chi connectivity index (χ1n) is 7.45. The minimum atomic E-state index is -3.55. The van der Waals surface area contributed by atoms with E-state index in [2.05, 4.69) is 9.71 Å². The maximum absolute atomic E-state index is 14.1. The van der Waals surface area contributed by atoms with Crippen LogP contribution in [0.25, 0.3) is 0 Å². The standard InChI is InChI=1S/C17H18FN3O2S/c1-21(2)11-13-8-7-12(9-15(13)18)10-19-17-14-5-3-4-6-16(14)24(22,23)20-17/h3-9H,10-11H2,1-2H3,(H,19,20). The molecule has 2 aromatic rings. The number of aliphatic imine (C=N–C) groups is 1. The predicted molar refractivity (Wildman–Crippen MR) is 90.8 cm³/mol. The van der Waals surface area contributed by atoms with Crippen LogP contribution in [-0.4, -0.2) is 33.2 Å². The summed E-state index contributed by atoms with van der Waals surface area (Å²) in [5.74, 6) is 0.0113. The van der Waals surface area contributed by atoms with Crippen molar-refractivity contribution in [1.29, 1.82) is 0 Å². The van der Waals surface area contributed by atoms with Crippen LogP contribution in [0.15, 0.2) is 52.4 Å². The second-order valence-electron chi connectivity index (χ2n) is 5.93. The Morgan fingerprint density at radius 2 is 1.92 bits per heavy atom. The van der Waals surface area contributed by atoms with Gasteiger partial charge in [-0.1, -0.05) is 24.3 Å². The van der Waals surface area contributed by atoms with Crippen molar-refractivity contribution < 1.29 is 12.8 Å². The van der Waals surface area contributed by atoms with Crippen LogP contribution in [0.4, 0.5) is 4.39 Å². The van der Waals surface area contributed by atoms with Crippen LogP contribution in [-0.2, 0) is 23.1 Å². The Morgan fingerprint density at radius 3 is 2.62 bits per heavy atom. The van der Waals surface area contributed by atoms with Gasteiger partial charge in [0.2, 0.25) is 0 Å². The van der Waals surface area contributed by atoms with Gasteiger partial charge >= 0.3 is 0 Å². The molecular formula is C17H18FN3O2S. The van der Waals surface area contributed by atoms with Gasteiger partial charge in [-0.3, -0.25) is 9.71 Å². The molecule has 1 aliphatic heterocycles. The summed E-state index contributed by atoms with van der Waals surface area (Å²) in [4.78, 5) is 6.42. The smallest absolute Gasteiger partial charge is 0.263 e. The molecule has 0 fully saturated rings. The third-order valence-electron chi connectivity index (χ3n) is 3.69. The molecule has 1 N–H and O–H groups in total. The molecule has 0 bridgehead atoms. The van der Waals surface area contributed by atoms with E-state index in [1.165, 1.54) is 12.1 Å². The highest BCUT2D eigenvalue weighted by Crippen LogP contribution is 2.22. The average Bonchev–Trinajstić information content (AvgIpc) is 2.79. The lowest BCUT2D eigenvalue weighted by molar-refractivity contribution is 0.392. The first-order chi connectivity index (χ1) is 11.4. The molecule has 5 nitrogen and oxygen atoms in total. The summed E-state index contributed by atoms with van der Waals surface area (Å²) in [5.41, 5.74) is 1.84. The van der Waals surface area contributed by atoms with Gasteiger partial charge in [0, 0.05) is 17.7 Å². The molecule has 2 aromatic carbocycles. The number of fused-ring (bicyclic) bond motifs is 1. The van der Waals surface area contributed by atoms with Gasteiger partial charge < -0.3 is 4.90 Å². The molecular weight excluding hydrogens is 329 g/mol. The number of hydrogen-bond acceptors (Lipinski definition) is 4. The van der Waals surface area contributed by atoms with Gasteiger partial charge in [0.1, 0.15) is 11.7 Å². The number of nitrogens with zero attached hydrogens (tertiary/aromatic N) is 2. The number of amidine groups is 1. The quantitative estimate of drug-likeness (QED) is 0.922. The molecule has 126 valence electrons. The van der Waals surface area contributed by atoms with E-state index in [-0.39, 0.29) is 17.3 Å². The molecule has 0 saturated heterocycles. The molecule has 3 rings (SSSR count). The van der Waals surface area contributed by atoms with Crippen molar-refractivity contribution in [3.05, 3.63) is 65.0 Å². The first-order valence-corrected chi connectivity index (χ1v) is 8.94. The number of rotatable bonds is 4. The highest BCUT2D eigenvalue weighted by atomic mass is 32.2. The highest BCUT2D eigenvalue weighted by molar-refractivity contribution is 7.90. The zero-order valence-corrected chi connectivity index (χ0v) is 14.3. The maximum atomic E-state index is 14.1. The first kappa shape index (κ1) is 16.6. The fourth-order valence-electron chi connectivity index (χ4n) is 2.58. The normalized spacial score (nSPS) is 17.1. The van der Waals surface area contributed by atoms with Gasteiger partial charge in [0.05, 0.1) is 11.4 Å². The molecule has 7 heteroatoms. The lowest BCUT2D eigenvalue weighted by atomic mass is 10.1. The van der Waals surface area contributed by atoms with E-state index in [1.807, 2.05) is 19.0 Å². The van der Waals surface area contributed by atoms with Crippen LogP contribution in [0, 0.1) is 5.82 Å². The van der Waals surface area contributed by atoms with E-state index in [0.29, 0.717) is 29.1 Å². The fraction of sp³-hybridized carbons (Fsp3) is 0.235. The summed E-state index contributed by atoms with van der Waals surface area (Å²) >= 11 is 0. The largest absolute Gasteiger partial charge is 0.305 e. The van der Waals surface area contributed by atoms with Crippen molar-refractivity contribution in [2.24, 2.45) is 4.99 Å². The fourth-order valence-corrected chi connectivity index (χ4v) is 3.83. The summed E-state index contributed by atoms with van der Waals surface area (Å²) < 4.78 is 40.6. The van der Waals surface area contributed by atoms with Gasteiger partial charge in [-0.05, 0) is 37.9 Å². The number of hydrogen-bond donors (Lipinski definition) is 1. The van der Waals surface area contributed by atoms with Crippen LogP contribution in [0.2, 0.25) is 0 Å². The molecule has 1 heterocycles. The average molecular weight is 347 g/mol. The van der Waals surface area contributed by atoms with E-state index >= 15 is 0 Å². The van der Waals surface area contributed by atoms with Crippen LogP contribution in [0.1, 0.15) is 16.7 Å². The third kappa shape index (κ3) is 3.32. The number of halogens is 1. The minimum Gasteiger partial charge on any atom is -0.305 e. The molecule has 0 aliphatic carbocycles. The van der Waals surface area contributed by atoms with Crippen LogP contribution in [0.5, 0.6) is 0 Å². The molecule has 0 aromatic heterocycles. The summed E-state index contributed by atoms with van der Waals surface area (Å²) in [6.07, 6.45) is 0. The van der Waals surface area contributed by atoms with E-state index in [1.54, 1.807) is 30.3 Å². The Labute approximate surface area is 140 Å². The molecule has 0 spiro atoms. The SMILES string of the molecule is CN(C)Cc1ccc(CN=C2NS(=O)(=O)c3ccccc32)cc1F. The van der Waals surface area contributed by atoms with E-state index in [9.17, 15) is 12.8 Å². The summed E-state index contributed by atoms with van der Waals surface area (Å²) in [5, 5.41) is 0. The zero-order chi connectivity index (χ0) is 17.3. The summed E-state index contributed by atoms with van der Waals surface area (Å²) in [6, 6.07) is 11.6. The van der Waals surface area contributed by atoms with Crippen molar-refractivity contribution in [3.63, 3.8) is 0 Å². The van der Waals surface area contributed by atoms with Gasteiger partial charge in [0.15, 0.2) is 0 Å². The number of sulfonamides is 1. The maximum Gasteiger partial charge on any atom is 0.263 e. The Bertz CT molecular complexity index is 908. The van der Waals surface area contributed by atoms with Crippen molar-refractivity contribution in [3.8, 4) is 0 Å². The lowest BCUT2D eigenvalue weighted by Crippen LogP contribution is -2.22. The second kappa shape index (κ2) is 6.33. The van der Waals surface area contributed by atoms with Crippen molar-refractivity contribution in [1.82, 2.24) is 9.62 Å². The Morgan fingerprint density at radius 1 is 1.17 bits per heavy atom. The molecule has 0 atom stereocenters. The molecule has 0 amide bonds. The second-order valence-corrected chi connectivity index (χ2v) is 7.58. The number of nitrogens with one attached hydrogen (secondary N) is 1. The number of benzene rings is 2. The van der Waals surface area contributed by atoms with E-state index in [4.69, 9.17) is 0 Å². The molecule has 1 aliphatic rings. The molecule has 0 saturated carbocycles. The third-order valence-corrected chi connectivity index (χ3v) is 5.08. The lowest BCUT2D eigenvalue weighted by Gasteiger charge is -2.11. The van der Waals surface area contributed by atoms with E-state index in [0.717, 1.165) is 0 Å². The van der Waals surface area contributed by atoms with Gasteiger partial charge in [-0.25, -0.2) is 12.8 Å². The van der Waals surface area contributed by atoms with Crippen molar-refractivity contribution in [2.45, 2.75) is 18.0 Å². The molecule has 24 heavy (non-hydrogen) atoms. The minimum absolute atomic E-state index is 0.200. The van der Waals surface area contributed by atoms with E-state index < -0.39 is 10.0 Å². The highest BCUT2D eigenvalue weighted by Gasteiger charge is 2.29. The van der Waals surface area contributed by atoms with Crippen LogP contribution < -0.4 is 4.72 Å². The van der Waals surface area contributed by atoms with Crippen LogP contribution >= 0.6 is 0 Å². The van der Waals surface area contributed by atoms with Crippen molar-refractivity contribution >= 4 is 15.9 Å². The predicted octanol–water partition coefficient (Wildman–Crippen LogP) is 2.13. The van der Waals surface area contributed by atoms with Crippen LogP contribution in [0.3, 0.4) is 0 Å². The molecule has 0 radical (unpaired) electrons. The Hall–Kier alpha value is -2.25. The Kier molecular flexibility index (Phi) is 4.38. The summed E-state index contributed by atoms with van der Waals surface area (Å²) in [7, 11) is 0.208. The monoisotopic (exact) mass is 347 g/mol. The van der Waals surface area contributed by atoms with Gasteiger partial charge in [-0.15, -0.1) is 0 Å². The topological polar surface area (TPSA) is 61.8 Å². The summed E-state index contributed by atoms with van der Waals surface area (Å²) in [6.45, 7) is 0.721. The zero-order valence-electron chi connectivity index (χ0n) is 13.5.